The van der Waals surface area contributed by atoms with Crippen molar-refractivity contribution in [3.8, 4) is 0 Å². The highest BCUT2D eigenvalue weighted by Crippen LogP contribution is 2.26. The second-order valence-corrected chi connectivity index (χ2v) is 17.3. The molecule has 0 spiro atoms. The summed E-state index contributed by atoms with van der Waals surface area (Å²) in [5, 5.41) is 71.9. The summed E-state index contributed by atoms with van der Waals surface area (Å²) >= 11 is 0. The SMILES string of the molecule is CCCCCCCC/C=C/C/C=C/CCCCC(=O)O[C@H](COC(=O)CCCCCCCCCCCCCC)CO[C@@H]1O[C@H](CO[C@@H]2O[C@H](CO)[C@H](O)C(O)C2O)[C@H](O)C(O)C1O. The minimum absolute atomic E-state index is 0.125. The van der Waals surface area contributed by atoms with Crippen LogP contribution < -0.4 is 0 Å². The largest absolute Gasteiger partial charge is 0.462 e. The molecule has 0 aliphatic carbocycles. The third-order valence-corrected chi connectivity index (χ3v) is 11.7. The van der Waals surface area contributed by atoms with Crippen molar-refractivity contribution in [2.45, 2.75) is 242 Å². The van der Waals surface area contributed by atoms with Gasteiger partial charge in [-0.2, -0.15) is 0 Å². The second kappa shape index (κ2) is 36.1. The maximum Gasteiger partial charge on any atom is 0.306 e. The van der Waals surface area contributed by atoms with E-state index in [-0.39, 0.29) is 19.4 Å². The highest BCUT2D eigenvalue weighted by atomic mass is 16.7. The van der Waals surface area contributed by atoms with E-state index < -0.39 is 99.3 Å². The molecule has 2 saturated heterocycles. The molecule has 2 fully saturated rings. The van der Waals surface area contributed by atoms with Gasteiger partial charge in [0.25, 0.3) is 0 Å². The third kappa shape index (κ3) is 24.9. The van der Waals surface area contributed by atoms with E-state index >= 15 is 0 Å². The summed E-state index contributed by atoms with van der Waals surface area (Å²) in [4.78, 5) is 25.6. The summed E-state index contributed by atoms with van der Waals surface area (Å²) in [5.41, 5.74) is 0. The molecule has 2 aliphatic rings. The number of aliphatic hydroxyl groups is 7. The highest BCUT2D eigenvalue weighted by Gasteiger charge is 2.47. The normalized spacial score (nSPS) is 27.0. The van der Waals surface area contributed by atoms with Crippen molar-refractivity contribution in [3.63, 3.8) is 0 Å². The van der Waals surface area contributed by atoms with E-state index in [4.69, 9.17) is 28.4 Å². The maximum absolute atomic E-state index is 12.9. The van der Waals surface area contributed by atoms with Crippen LogP contribution in [0.15, 0.2) is 24.3 Å². The van der Waals surface area contributed by atoms with Gasteiger partial charge in [0, 0.05) is 12.8 Å². The Morgan fingerprint density at radius 1 is 0.508 bits per heavy atom. The molecule has 0 bridgehead atoms. The predicted molar refractivity (Wildman–Crippen MR) is 238 cm³/mol. The summed E-state index contributed by atoms with van der Waals surface area (Å²) in [5.74, 6) is -0.960. The van der Waals surface area contributed by atoms with Gasteiger partial charge in [-0.25, -0.2) is 0 Å². The molecule has 368 valence electrons. The minimum atomic E-state index is -1.77. The number of hydrogen-bond acceptors (Lipinski definition) is 15. The van der Waals surface area contributed by atoms with Gasteiger partial charge in [0.05, 0.1) is 19.8 Å². The Morgan fingerprint density at radius 3 is 1.51 bits per heavy atom. The quantitative estimate of drug-likeness (QED) is 0.0216. The number of hydrogen-bond donors (Lipinski definition) is 7. The summed E-state index contributed by atoms with van der Waals surface area (Å²) in [6.45, 7) is 2.54. The van der Waals surface area contributed by atoms with Crippen LogP contribution in [0, 0.1) is 0 Å². The number of aliphatic hydroxyl groups excluding tert-OH is 7. The molecule has 0 aromatic rings. The Balaban J connectivity index is 1.85. The molecule has 7 N–H and O–H groups in total. The zero-order valence-corrected chi connectivity index (χ0v) is 38.6. The van der Waals surface area contributed by atoms with Gasteiger partial charge >= 0.3 is 11.9 Å². The monoisotopic (exact) mass is 903 g/mol. The first-order valence-corrected chi connectivity index (χ1v) is 24.4. The Kier molecular flexibility index (Phi) is 32.8. The number of unbranched alkanes of at least 4 members (excludes halogenated alkanes) is 19. The van der Waals surface area contributed by atoms with Crippen LogP contribution in [0.25, 0.3) is 0 Å². The Bertz CT molecular complexity index is 1200. The molecule has 63 heavy (non-hydrogen) atoms. The van der Waals surface area contributed by atoms with Gasteiger partial charge in [-0.3, -0.25) is 9.59 Å². The molecular formula is C48H86O15. The van der Waals surface area contributed by atoms with Crippen molar-refractivity contribution in [1.82, 2.24) is 0 Å². The lowest BCUT2D eigenvalue weighted by Crippen LogP contribution is -2.61. The van der Waals surface area contributed by atoms with Crippen molar-refractivity contribution in [2.24, 2.45) is 0 Å². The van der Waals surface area contributed by atoms with Crippen molar-refractivity contribution in [1.29, 1.82) is 0 Å². The lowest BCUT2D eigenvalue weighted by atomic mass is 9.98. The predicted octanol–water partition coefficient (Wildman–Crippen LogP) is 5.99. The van der Waals surface area contributed by atoms with Crippen LogP contribution in [0.3, 0.4) is 0 Å². The molecule has 0 aromatic carbocycles. The Morgan fingerprint density at radius 2 is 0.952 bits per heavy atom. The Labute approximate surface area is 377 Å². The number of carbonyl (C=O) groups excluding carboxylic acids is 2. The summed E-state index contributed by atoms with van der Waals surface area (Å²) in [7, 11) is 0. The maximum atomic E-state index is 12.9. The molecule has 2 aliphatic heterocycles. The fourth-order valence-corrected chi connectivity index (χ4v) is 7.60. The van der Waals surface area contributed by atoms with Gasteiger partial charge in [0.15, 0.2) is 18.7 Å². The van der Waals surface area contributed by atoms with Gasteiger partial charge in [-0.05, 0) is 44.9 Å². The minimum Gasteiger partial charge on any atom is -0.462 e. The first kappa shape index (κ1) is 57.1. The van der Waals surface area contributed by atoms with E-state index in [1.807, 2.05) is 0 Å². The zero-order chi connectivity index (χ0) is 46.1. The van der Waals surface area contributed by atoms with Crippen LogP contribution in [0.4, 0.5) is 0 Å². The average Bonchev–Trinajstić information content (AvgIpc) is 3.28. The second-order valence-electron chi connectivity index (χ2n) is 17.3. The lowest BCUT2D eigenvalue weighted by Gasteiger charge is -2.42. The van der Waals surface area contributed by atoms with Crippen molar-refractivity contribution in [3.05, 3.63) is 24.3 Å². The van der Waals surface area contributed by atoms with Gasteiger partial charge < -0.3 is 64.2 Å². The first-order valence-electron chi connectivity index (χ1n) is 24.4. The molecule has 15 nitrogen and oxygen atoms in total. The molecular weight excluding hydrogens is 817 g/mol. The van der Waals surface area contributed by atoms with E-state index in [1.54, 1.807) is 0 Å². The number of esters is 2. The zero-order valence-electron chi connectivity index (χ0n) is 38.6. The topological polar surface area (TPSA) is 231 Å². The summed E-state index contributed by atoms with van der Waals surface area (Å²) in [6.07, 6.45) is 17.9. The van der Waals surface area contributed by atoms with E-state index in [2.05, 4.69) is 38.2 Å². The fraction of sp³-hybridized carbons (Fsp3) is 0.875. The smallest absolute Gasteiger partial charge is 0.306 e. The molecule has 0 aromatic heterocycles. The van der Waals surface area contributed by atoms with E-state index in [0.717, 1.165) is 44.9 Å². The highest BCUT2D eigenvalue weighted by molar-refractivity contribution is 5.70. The van der Waals surface area contributed by atoms with E-state index in [1.165, 1.54) is 89.9 Å². The molecule has 0 saturated carbocycles. The van der Waals surface area contributed by atoms with Crippen LogP contribution in [0.1, 0.15) is 174 Å². The molecule has 4 unspecified atom stereocenters. The molecule has 0 radical (unpaired) electrons. The Hall–Kier alpha value is -2.02. The van der Waals surface area contributed by atoms with Crippen LogP contribution >= 0.6 is 0 Å². The molecule has 15 heteroatoms. The number of ether oxygens (including phenoxy) is 6. The van der Waals surface area contributed by atoms with Gasteiger partial charge in [-0.15, -0.1) is 0 Å². The number of allylic oxidation sites excluding steroid dienone is 4. The van der Waals surface area contributed by atoms with Crippen molar-refractivity contribution >= 4 is 11.9 Å². The van der Waals surface area contributed by atoms with Crippen LogP contribution in [-0.4, -0.2) is 142 Å². The van der Waals surface area contributed by atoms with Crippen molar-refractivity contribution in [2.75, 3.05) is 26.4 Å². The van der Waals surface area contributed by atoms with E-state index in [9.17, 15) is 45.3 Å². The van der Waals surface area contributed by atoms with Crippen LogP contribution in [0.2, 0.25) is 0 Å². The van der Waals surface area contributed by atoms with Crippen LogP contribution in [0.5, 0.6) is 0 Å². The van der Waals surface area contributed by atoms with Gasteiger partial charge in [0.1, 0.15) is 55.4 Å². The van der Waals surface area contributed by atoms with Gasteiger partial charge in [-0.1, -0.05) is 141 Å². The van der Waals surface area contributed by atoms with E-state index in [0.29, 0.717) is 12.8 Å². The standard InChI is InChI=1S/C48H86O15/c1-3-5-7-9-11-13-15-17-18-19-21-23-25-27-29-31-40(51)61-36(33-58-39(50)30-28-26-24-22-20-16-14-12-10-8-6-4-2)34-59-47-46(57)44(55)42(53)38(63-47)35-60-48-45(56)43(54)41(52)37(32-49)62-48/h17-18,21,23,36-38,41-49,52-57H,3-16,19-20,22,24-35H2,1-2H3/b18-17+,23-21+/t36-,37-,38-,41+,42+,43?,44?,45?,46?,47-,48-/m1/s1. The number of carbonyl (C=O) groups is 2. The third-order valence-electron chi connectivity index (χ3n) is 11.7. The number of rotatable bonds is 37. The fourth-order valence-electron chi connectivity index (χ4n) is 7.60. The van der Waals surface area contributed by atoms with Gasteiger partial charge in [0.2, 0.25) is 0 Å². The molecule has 0 amide bonds. The summed E-state index contributed by atoms with van der Waals surface area (Å²) in [6, 6.07) is 0. The molecule has 2 rings (SSSR count). The lowest BCUT2D eigenvalue weighted by molar-refractivity contribution is -0.332. The van der Waals surface area contributed by atoms with Crippen LogP contribution in [-0.2, 0) is 38.0 Å². The molecule has 2 heterocycles. The first-order chi connectivity index (χ1) is 30.5. The average molecular weight is 903 g/mol. The summed E-state index contributed by atoms with van der Waals surface area (Å²) < 4.78 is 33.5. The van der Waals surface area contributed by atoms with Crippen molar-refractivity contribution < 1.29 is 73.8 Å². The molecule has 11 atom stereocenters.